The maximum Gasteiger partial charge on any atom is 0.306 e. The van der Waals surface area contributed by atoms with Gasteiger partial charge in [0, 0.05) is 5.75 Å². The Hall–Kier alpha value is -0.180. The van der Waals surface area contributed by atoms with Gasteiger partial charge in [0.25, 0.3) is 0 Å². The fraction of sp³-hybridized carbons (Fsp3) is 0.963. The summed E-state index contributed by atoms with van der Waals surface area (Å²) >= 11 is 1.92. The number of ether oxygens (including phenoxy) is 1. The molecule has 180 valence electrons. The molecule has 0 N–H and O–H groups in total. The van der Waals surface area contributed by atoms with Crippen molar-refractivity contribution in [2.45, 2.75) is 149 Å². The Morgan fingerprint density at radius 1 is 0.533 bits per heavy atom. The van der Waals surface area contributed by atoms with Crippen molar-refractivity contribution >= 4 is 17.7 Å². The molecule has 0 aromatic heterocycles. The lowest BCUT2D eigenvalue weighted by atomic mass is 10.1. The molecule has 0 radical (unpaired) electrons. The van der Waals surface area contributed by atoms with Crippen LogP contribution in [0.3, 0.4) is 0 Å². The van der Waals surface area contributed by atoms with Crippen molar-refractivity contribution in [3.05, 3.63) is 0 Å². The fourth-order valence-corrected chi connectivity index (χ4v) is 4.72. The van der Waals surface area contributed by atoms with E-state index in [1.54, 1.807) is 0 Å². The zero-order chi connectivity index (χ0) is 22.0. The standard InChI is InChI=1S/C27H54O2S/c1-3-5-7-9-11-13-15-17-19-21-24-29-27(28)23-26-30-25-22-20-18-16-14-12-10-8-6-4-2/h3-26H2,1-2H3. The van der Waals surface area contributed by atoms with Crippen molar-refractivity contribution in [3.63, 3.8) is 0 Å². The number of esters is 1. The molecule has 3 heteroatoms. The van der Waals surface area contributed by atoms with Gasteiger partial charge in [0.1, 0.15) is 0 Å². The van der Waals surface area contributed by atoms with Crippen LogP contribution >= 0.6 is 11.8 Å². The van der Waals surface area contributed by atoms with E-state index in [-0.39, 0.29) is 5.97 Å². The Kier molecular flexibility index (Phi) is 26.7. The van der Waals surface area contributed by atoms with Gasteiger partial charge in [-0.1, -0.05) is 129 Å². The molecule has 30 heavy (non-hydrogen) atoms. The summed E-state index contributed by atoms with van der Waals surface area (Å²) in [5.41, 5.74) is 0. The molecule has 0 heterocycles. The summed E-state index contributed by atoms with van der Waals surface area (Å²) in [7, 11) is 0. The predicted molar refractivity (Wildman–Crippen MR) is 137 cm³/mol. The zero-order valence-electron chi connectivity index (χ0n) is 20.7. The first-order valence-corrected chi connectivity index (χ1v) is 14.7. The molecule has 0 bridgehead atoms. The molecule has 0 atom stereocenters. The second kappa shape index (κ2) is 26.9. The van der Waals surface area contributed by atoms with Crippen LogP contribution in [0.4, 0.5) is 0 Å². The molecule has 0 fully saturated rings. The summed E-state index contributed by atoms with van der Waals surface area (Å²) in [6, 6.07) is 0. The third-order valence-electron chi connectivity index (χ3n) is 5.85. The molecule has 2 nitrogen and oxygen atoms in total. The molecule has 0 aromatic rings. The third kappa shape index (κ3) is 25.9. The van der Waals surface area contributed by atoms with Crippen LogP contribution in [0.2, 0.25) is 0 Å². The molecule has 0 aliphatic rings. The summed E-state index contributed by atoms with van der Waals surface area (Å²) in [5, 5.41) is 0. The summed E-state index contributed by atoms with van der Waals surface area (Å²) in [6.07, 6.45) is 27.7. The van der Waals surface area contributed by atoms with Gasteiger partial charge in [0.15, 0.2) is 0 Å². The van der Waals surface area contributed by atoms with Crippen molar-refractivity contribution in [3.8, 4) is 0 Å². The van der Waals surface area contributed by atoms with Crippen LogP contribution in [-0.4, -0.2) is 24.1 Å². The van der Waals surface area contributed by atoms with E-state index >= 15 is 0 Å². The molecule has 0 spiro atoms. The van der Waals surface area contributed by atoms with Gasteiger partial charge in [-0.3, -0.25) is 4.79 Å². The smallest absolute Gasteiger partial charge is 0.306 e. The molecule has 0 aromatic carbocycles. The number of rotatable bonds is 25. The van der Waals surface area contributed by atoms with Crippen LogP contribution in [0, 0.1) is 0 Å². The van der Waals surface area contributed by atoms with Crippen molar-refractivity contribution < 1.29 is 9.53 Å². The first-order valence-electron chi connectivity index (χ1n) is 13.5. The minimum absolute atomic E-state index is 0.00139. The maximum atomic E-state index is 11.8. The molecule has 0 unspecified atom stereocenters. The number of hydrogen-bond donors (Lipinski definition) is 0. The normalized spacial score (nSPS) is 11.1. The number of unbranched alkanes of at least 4 members (excludes halogenated alkanes) is 18. The Balaban J connectivity index is 3.13. The van der Waals surface area contributed by atoms with E-state index in [1.807, 2.05) is 11.8 Å². The summed E-state index contributed by atoms with van der Waals surface area (Å²) in [6.45, 7) is 5.17. The highest BCUT2D eigenvalue weighted by Gasteiger charge is 2.02. The first kappa shape index (κ1) is 29.8. The summed E-state index contributed by atoms with van der Waals surface area (Å²) < 4.78 is 5.37. The van der Waals surface area contributed by atoms with Crippen LogP contribution < -0.4 is 0 Å². The molecule has 0 amide bonds. The lowest BCUT2D eigenvalue weighted by Gasteiger charge is -2.06. The zero-order valence-corrected chi connectivity index (χ0v) is 21.5. The van der Waals surface area contributed by atoms with Gasteiger partial charge >= 0.3 is 5.97 Å². The van der Waals surface area contributed by atoms with Crippen LogP contribution in [0.25, 0.3) is 0 Å². The molecule has 0 rings (SSSR count). The van der Waals surface area contributed by atoms with Crippen molar-refractivity contribution in [1.29, 1.82) is 0 Å². The Labute approximate surface area is 194 Å². The second-order valence-corrected chi connectivity index (χ2v) is 10.2. The average molecular weight is 443 g/mol. The summed E-state index contributed by atoms with van der Waals surface area (Å²) in [5.74, 6) is 2.12. The molecular formula is C27H54O2S. The molecule has 0 saturated heterocycles. The van der Waals surface area contributed by atoms with Crippen LogP contribution in [0.1, 0.15) is 149 Å². The van der Waals surface area contributed by atoms with Crippen LogP contribution in [-0.2, 0) is 9.53 Å². The lowest BCUT2D eigenvalue weighted by molar-refractivity contribution is -0.143. The largest absolute Gasteiger partial charge is 0.466 e. The lowest BCUT2D eigenvalue weighted by Crippen LogP contribution is -2.07. The van der Waals surface area contributed by atoms with Crippen molar-refractivity contribution in [2.75, 3.05) is 18.1 Å². The molecule has 0 aliphatic heterocycles. The van der Waals surface area contributed by atoms with Gasteiger partial charge in [-0.05, 0) is 18.6 Å². The van der Waals surface area contributed by atoms with Gasteiger partial charge in [0.05, 0.1) is 13.0 Å². The number of carbonyl (C=O) groups excluding carboxylic acids is 1. The van der Waals surface area contributed by atoms with Gasteiger partial charge in [-0.25, -0.2) is 0 Å². The van der Waals surface area contributed by atoms with E-state index in [2.05, 4.69) is 13.8 Å². The monoisotopic (exact) mass is 442 g/mol. The minimum Gasteiger partial charge on any atom is -0.466 e. The van der Waals surface area contributed by atoms with E-state index in [0.29, 0.717) is 13.0 Å². The van der Waals surface area contributed by atoms with Crippen LogP contribution in [0.15, 0.2) is 0 Å². The minimum atomic E-state index is 0.00139. The average Bonchev–Trinajstić information content (AvgIpc) is 2.75. The predicted octanol–water partition coefficient (Wildman–Crippen LogP) is 9.49. The fourth-order valence-electron chi connectivity index (χ4n) is 3.80. The Morgan fingerprint density at radius 2 is 0.933 bits per heavy atom. The van der Waals surface area contributed by atoms with E-state index < -0.39 is 0 Å². The van der Waals surface area contributed by atoms with Crippen molar-refractivity contribution in [2.24, 2.45) is 0 Å². The topological polar surface area (TPSA) is 26.3 Å². The van der Waals surface area contributed by atoms with Crippen LogP contribution in [0.5, 0.6) is 0 Å². The van der Waals surface area contributed by atoms with E-state index in [0.717, 1.165) is 12.2 Å². The van der Waals surface area contributed by atoms with Gasteiger partial charge < -0.3 is 4.74 Å². The molecule has 0 saturated carbocycles. The highest BCUT2D eigenvalue weighted by atomic mass is 32.2. The summed E-state index contributed by atoms with van der Waals surface area (Å²) in [4.78, 5) is 11.8. The number of thioether (sulfide) groups is 1. The van der Waals surface area contributed by atoms with Crippen molar-refractivity contribution in [1.82, 2.24) is 0 Å². The second-order valence-electron chi connectivity index (χ2n) is 8.95. The maximum absolute atomic E-state index is 11.8. The van der Waals surface area contributed by atoms with Gasteiger partial charge in [0.2, 0.25) is 0 Å². The van der Waals surface area contributed by atoms with Gasteiger partial charge in [-0.2, -0.15) is 11.8 Å². The van der Waals surface area contributed by atoms with E-state index in [4.69, 9.17) is 4.74 Å². The highest BCUT2D eigenvalue weighted by molar-refractivity contribution is 7.99. The molecular weight excluding hydrogens is 388 g/mol. The Morgan fingerprint density at radius 3 is 1.40 bits per heavy atom. The quantitative estimate of drug-likeness (QED) is 0.104. The molecule has 0 aliphatic carbocycles. The highest BCUT2D eigenvalue weighted by Crippen LogP contribution is 2.13. The first-order chi connectivity index (χ1) is 14.8. The SMILES string of the molecule is CCCCCCCCCCCCOC(=O)CCSCCCCCCCCCCCC. The Bertz CT molecular complexity index is 333. The van der Waals surface area contributed by atoms with E-state index in [1.165, 1.54) is 128 Å². The third-order valence-corrected chi connectivity index (χ3v) is 6.92. The van der Waals surface area contributed by atoms with E-state index in [9.17, 15) is 4.79 Å². The number of hydrogen-bond acceptors (Lipinski definition) is 3. The number of carbonyl (C=O) groups is 1. The van der Waals surface area contributed by atoms with Gasteiger partial charge in [-0.15, -0.1) is 0 Å².